The van der Waals surface area contributed by atoms with Crippen molar-refractivity contribution >= 4 is 46.0 Å². The van der Waals surface area contributed by atoms with Crippen LogP contribution in [-0.4, -0.2) is 29.0 Å². The summed E-state index contributed by atoms with van der Waals surface area (Å²) >= 11 is 3.08. The molecule has 23 heavy (non-hydrogen) atoms. The number of Topliss-reactive ketones (excluding diaryl/α,β-unsaturated/α-hetero) is 1. The van der Waals surface area contributed by atoms with E-state index in [1.165, 1.54) is 18.3 Å². The number of amides is 1. The molecule has 0 unspecified atom stereocenters. The van der Waals surface area contributed by atoms with Gasteiger partial charge in [0.05, 0.1) is 5.69 Å². The van der Waals surface area contributed by atoms with Gasteiger partial charge in [-0.2, -0.15) is 0 Å². The minimum absolute atomic E-state index is 0.0284. The highest BCUT2D eigenvalue weighted by molar-refractivity contribution is 7.99. The number of ketones is 1. The molecule has 0 radical (unpaired) electrons. The minimum Gasteiger partial charge on any atom is -0.289 e. The molecule has 1 aliphatic heterocycles. The normalized spacial score (nSPS) is 15.6. The number of thioether (sulfide) groups is 1. The Kier molecular flexibility index (Phi) is 4.63. The van der Waals surface area contributed by atoms with Crippen molar-refractivity contribution in [3.63, 3.8) is 0 Å². The first kappa shape index (κ1) is 16.0. The molecule has 0 fully saturated rings. The monoisotopic (exact) mass is 344 g/mol. The Morgan fingerprint density at radius 3 is 2.91 bits per heavy atom. The Morgan fingerprint density at radius 1 is 1.39 bits per heavy atom. The van der Waals surface area contributed by atoms with Gasteiger partial charge in [0.25, 0.3) is 0 Å². The van der Waals surface area contributed by atoms with Gasteiger partial charge in [0.1, 0.15) is 0 Å². The predicted molar refractivity (Wildman–Crippen MR) is 95.3 cm³/mol. The molecule has 3 rings (SSSR count). The molecule has 0 N–H and O–H groups in total. The highest BCUT2D eigenvalue weighted by atomic mass is 32.2. The maximum atomic E-state index is 12.6. The molecule has 6 heteroatoms. The van der Waals surface area contributed by atoms with E-state index in [4.69, 9.17) is 0 Å². The fourth-order valence-electron chi connectivity index (χ4n) is 2.42. The lowest BCUT2D eigenvalue weighted by Crippen LogP contribution is -2.27. The van der Waals surface area contributed by atoms with Crippen LogP contribution in [0, 0.1) is 0 Å². The molecular formula is C17H16N2O2S2. The van der Waals surface area contributed by atoms with Crippen LogP contribution in [0.25, 0.3) is 6.08 Å². The minimum atomic E-state index is -0.0284. The molecule has 1 aromatic carbocycles. The smallest absolute Gasteiger partial charge is 0.225 e. The summed E-state index contributed by atoms with van der Waals surface area (Å²) in [6.07, 6.45) is 1.83. The third-order valence-corrected chi connectivity index (χ3v) is 5.57. The molecule has 1 aromatic heterocycles. The van der Waals surface area contributed by atoms with Crippen LogP contribution in [0.2, 0.25) is 0 Å². The zero-order chi connectivity index (χ0) is 16.4. The summed E-state index contributed by atoms with van der Waals surface area (Å²) in [5.74, 6) is 0.680. The van der Waals surface area contributed by atoms with Gasteiger partial charge in [-0.1, -0.05) is 12.1 Å². The lowest BCUT2D eigenvalue weighted by molar-refractivity contribution is -0.116. The lowest BCUT2D eigenvalue weighted by Gasteiger charge is -2.16. The van der Waals surface area contributed by atoms with Crippen molar-refractivity contribution < 1.29 is 9.59 Å². The SMILES string of the molecule is CCN(C(C)=O)c1nc(/C=C2/CSc3ccccc3C2=O)cs1. The van der Waals surface area contributed by atoms with Gasteiger partial charge >= 0.3 is 0 Å². The van der Waals surface area contributed by atoms with Gasteiger partial charge in [0.2, 0.25) is 5.91 Å². The van der Waals surface area contributed by atoms with Gasteiger partial charge in [-0.05, 0) is 25.1 Å². The number of rotatable bonds is 3. The second-order valence-electron chi connectivity index (χ2n) is 5.10. The summed E-state index contributed by atoms with van der Waals surface area (Å²) in [6.45, 7) is 4.03. The molecule has 1 aliphatic rings. The highest BCUT2D eigenvalue weighted by Gasteiger charge is 2.22. The molecule has 2 heterocycles. The first-order valence-electron chi connectivity index (χ1n) is 7.31. The van der Waals surface area contributed by atoms with E-state index >= 15 is 0 Å². The fourth-order valence-corrected chi connectivity index (χ4v) is 4.33. The molecule has 2 aromatic rings. The van der Waals surface area contributed by atoms with Crippen LogP contribution < -0.4 is 4.90 Å². The van der Waals surface area contributed by atoms with E-state index < -0.39 is 0 Å². The van der Waals surface area contributed by atoms with Crippen molar-refractivity contribution in [3.8, 4) is 0 Å². The van der Waals surface area contributed by atoms with Gasteiger partial charge < -0.3 is 0 Å². The summed E-state index contributed by atoms with van der Waals surface area (Å²) in [5, 5.41) is 2.55. The van der Waals surface area contributed by atoms with Gasteiger partial charge in [0, 0.05) is 40.6 Å². The van der Waals surface area contributed by atoms with Crippen LogP contribution in [0.3, 0.4) is 0 Å². The Hall–Kier alpha value is -1.92. The summed E-state index contributed by atoms with van der Waals surface area (Å²) in [7, 11) is 0. The first-order chi connectivity index (χ1) is 11.1. The van der Waals surface area contributed by atoms with E-state index in [-0.39, 0.29) is 11.7 Å². The average molecular weight is 344 g/mol. The van der Waals surface area contributed by atoms with Crippen LogP contribution in [-0.2, 0) is 4.79 Å². The summed E-state index contributed by atoms with van der Waals surface area (Å²) in [6, 6.07) is 7.66. The van der Waals surface area contributed by atoms with E-state index in [1.807, 2.05) is 42.6 Å². The molecule has 1 amide bonds. The zero-order valence-corrected chi connectivity index (χ0v) is 14.5. The van der Waals surface area contributed by atoms with Crippen molar-refractivity contribution in [3.05, 3.63) is 46.5 Å². The van der Waals surface area contributed by atoms with Gasteiger partial charge in [-0.25, -0.2) is 4.98 Å². The van der Waals surface area contributed by atoms with Gasteiger partial charge in [-0.3, -0.25) is 14.5 Å². The maximum absolute atomic E-state index is 12.6. The topological polar surface area (TPSA) is 50.3 Å². The molecule has 0 aliphatic carbocycles. The molecule has 4 nitrogen and oxygen atoms in total. The number of aromatic nitrogens is 1. The Bertz CT molecular complexity index is 795. The number of carbonyl (C=O) groups is 2. The number of anilines is 1. The van der Waals surface area contributed by atoms with Crippen LogP contribution in [0.5, 0.6) is 0 Å². The third-order valence-electron chi connectivity index (χ3n) is 3.57. The maximum Gasteiger partial charge on any atom is 0.225 e. The Labute approximate surface area is 143 Å². The molecule has 0 atom stereocenters. The Balaban J connectivity index is 1.87. The van der Waals surface area contributed by atoms with E-state index in [0.29, 0.717) is 17.4 Å². The standard InChI is InChI=1S/C17H16N2O2S2/c1-3-19(11(2)20)17-18-13(10-23-17)8-12-9-22-15-7-5-4-6-14(15)16(12)21/h4-8,10H,3,9H2,1-2H3/b12-8-. The second-order valence-corrected chi connectivity index (χ2v) is 6.96. The number of fused-ring (bicyclic) bond motifs is 1. The number of nitrogens with zero attached hydrogens (tertiary/aromatic N) is 2. The second kappa shape index (κ2) is 6.68. The van der Waals surface area contributed by atoms with Crippen LogP contribution in [0.1, 0.15) is 29.9 Å². The summed E-state index contributed by atoms with van der Waals surface area (Å²) < 4.78 is 0. The molecule has 118 valence electrons. The number of hydrogen-bond donors (Lipinski definition) is 0. The fraction of sp³-hybridized carbons (Fsp3) is 0.235. The van der Waals surface area contributed by atoms with Crippen LogP contribution in [0.4, 0.5) is 5.13 Å². The van der Waals surface area contributed by atoms with Crippen molar-refractivity contribution in [2.75, 3.05) is 17.2 Å². The Morgan fingerprint density at radius 2 is 2.17 bits per heavy atom. The summed E-state index contributed by atoms with van der Waals surface area (Å²) in [5.41, 5.74) is 2.23. The summed E-state index contributed by atoms with van der Waals surface area (Å²) in [4.78, 5) is 31.3. The molecule has 0 spiro atoms. The molecule has 0 saturated heterocycles. The predicted octanol–water partition coefficient (Wildman–Crippen LogP) is 3.89. The van der Waals surface area contributed by atoms with Crippen molar-refractivity contribution in [2.45, 2.75) is 18.7 Å². The molecule has 0 saturated carbocycles. The largest absolute Gasteiger partial charge is 0.289 e. The van der Waals surface area contributed by atoms with Crippen molar-refractivity contribution in [1.29, 1.82) is 0 Å². The first-order valence-corrected chi connectivity index (χ1v) is 9.17. The van der Waals surface area contributed by atoms with Crippen LogP contribution >= 0.6 is 23.1 Å². The molecule has 0 bridgehead atoms. The van der Waals surface area contributed by atoms with Crippen LogP contribution in [0.15, 0.2) is 40.1 Å². The average Bonchev–Trinajstić information content (AvgIpc) is 2.99. The van der Waals surface area contributed by atoms with E-state index in [0.717, 1.165) is 21.7 Å². The number of carbonyl (C=O) groups excluding carboxylic acids is 2. The van der Waals surface area contributed by atoms with E-state index in [1.54, 1.807) is 16.7 Å². The highest BCUT2D eigenvalue weighted by Crippen LogP contribution is 2.33. The van der Waals surface area contributed by atoms with E-state index in [9.17, 15) is 9.59 Å². The number of hydrogen-bond acceptors (Lipinski definition) is 5. The number of thiazole rings is 1. The van der Waals surface area contributed by atoms with Crippen molar-refractivity contribution in [1.82, 2.24) is 4.98 Å². The number of benzene rings is 1. The molecular weight excluding hydrogens is 328 g/mol. The van der Waals surface area contributed by atoms with E-state index in [2.05, 4.69) is 4.98 Å². The third kappa shape index (κ3) is 3.23. The van der Waals surface area contributed by atoms with Gasteiger partial charge in [-0.15, -0.1) is 23.1 Å². The van der Waals surface area contributed by atoms with Crippen molar-refractivity contribution in [2.24, 2.45) is 0 Å². The van der Waals surface area contributed by atoms with Gasteiger partial charge in [0.15, 0.2) is 10.9 Å². The quantitative estimate of drug-likeness (QED) is 0.793. The zero-order valence-electron chi connectivity index (χ0n) is 12.9. The lowest BCUT2D eigenvalue weighted by atomic mass is 10.0.